The Labute approximate surface area is 152 Å². The van der Waals surface area contributed by atoms with Gasteiger partial charge >= 0.3 is 5.97 Å². The molecule has 2 aliphatic carbocycles. The summed E-state index contributed by atoms with van der Waals surface area (Å²) in [5.41, 5.74) is 2.10. The molecule has 0 aromatic carbocycles. The molecule has 140 valence electrons. The summed E-state index contributed by atoms with van der Waals surface area (Å²) >= 11 is 0. The van der Waals surface area contributed by atoms with Gasteiger partial charge in [-0.1, -0.05) is 57.2 Å². The summed E-state index contributed by atoms with van der Waals surface area (Å²) in [7, 11) is 0. The third-order valence-corrected chi connectivity index (χ3v) is 6.91. The molecule has 0 aliphatic heterocycles. The normalized spacial score (nSPS) is 38.0. The first-order valence-corrected chi connectivity index (χ1v) is 9.36. The van der Waals surface area contributed by atoms with Gasteiger partial charge in [0.25, 0.3) is 0 Å². The van der Waals surface area contributed by atoms with Gasteiger partial charge in [0, 0.05) is 6.92 Å². The molecule has 0 aromatic rings. The van der Waals surface area contributed by atoms with Crippen LogP contribution in [0.25, 0.3) is 0 Å². The molecule has 3 nitrogen and oxygen atoms in total. The summed E-state index contributed by atoms with van der Waals surface area (Å²) in [5.74, 6) is 0.407. The fourth-order valence-electron chi connectivity index (χ4n) is 4.99. The summed E-state index contributed by atoms with van der Waals surface area (Å²) < 4.78 is 5.51. The number of aliphatic hydroxyl groups excluding tert-OH is 1. The minimum absolute atomic E-state index is 0.0526. The van der Waals surface area contributed by atoms with E-state index in [9.17, 15) is 9.90 Å². The number of allylic oxidation sites excluding steroid dienone is 4. The van der Waals surface area contributed by atoms with Crippen LogP contribution in [0, 0.1) is 22.7 Å². The van der Waals surface area contributed by atoms with Gasteiger partial charge in [0.15, 0.2) is 0 Å². The lowest BCUT2D eigenvalue weighted by Gasteiger charge is -2.58. The molecule has 0 bridgehead atoms. The maximum Gasteiger partial charge on any atom is 0.302 e. The number of aliphatic hydroxyl groups is 1. The van der Waals surface area contributed by atoms with Gasteiger partial charge in [-0.15, -0.1) is 0 Å². The molecule has 2 fully saturated rings. The van der Waals surface area contributed by atoms with Crippen LogP contribution in [-0.2, 0) is 9.53 Å². The number of fused-ring (bicyclic) bond motifs is 1. The van der Waals surface area contributed by atoms with Gasteiger partial charge in [-0.2, -0.15) is 0 Å². The van der Waals surface area contributed by atoms with Gasteiger partial charge in [-0.3, -0.25) is 4.79 Å². The highest BCUT2D eigenvalue weighted by molar-refractivity contribution is 5.66. The lowest BCUT2D eigenvalue weighted by molar-refractivity contribution is -0.186. The molecular formula is C22H34O3. The Kier molecular flexibility index (Phi) is 5.68. The number of ether oxygens (including phenoxy) is 1. The first-order valence-electron chi connectivity index (χ1n) is 9.36. The summed E-state index contributed by atoms with van der Waals surface area (Å²) in [6.07, 6.45) is 6.69. The van der Waals surface area contributed by atoms with Crippen LogP contribution in [-0.4, -0.2) is 23.3 Å². The lowest BCUT2D eigenvalue weighted by Crippen LogP contribution is -2.58. The molecule has 0 amide bonds. The van der Waals surface area contributed by atoms with E-state index in [1.165, 1.54) is 18.1 Å². The predicted octanol–water partition coefficient (Wildman–Crippen LogP) is 4.82. The van der Waals surface area contributed by atoms with Gasteiger partial charge in [-0.25, -0.2) is 0 Å². The number of rotatable bonds is 4. The van der Waals surface area contributed by atoms with Crippen LogP contribution in [0.15, 0.2) is 36.5 Å². The molecule has 2 rings (SSSR count). The third-order valence-electron chi connectivity index (χ3n) is 6.91. The minimum Gasteiger partial charge on any atom is -0.460 e. The Bertz CT molecular complexity index is 586. The lowest BCUT2D eigenvalue weighted by atomic mass is 9.48. The van der Waals surface area contributed by atoms with Crippen molar-refractivity contribution in [1.82, 2.24) is 0 Å². The van der Waals surface area contributed by atoms with Gasteiger partial charge in [0.05, 0.1) is 6.10 Å². The van der Waals surface area contributed by atoms with E-state index in [1.54, 1.807) is 0 Å². The second kappa shape index (κ2) is 7.11. The van der Waals surface area contributed by atoms with E-state index < -0.39 is 12.2 Å². The number of hydrogen-bond donors (Lipinski definition) is 1. The molecule has 25 heavy (non-hydrogen) atoms. The van der Waals surface area contributed by atoms with E-state index >= 15 is 0 Å². The molecule has 0 spiro atoms. The molecule has 0 saturated heterocycles. The Morgan fingerprint density at radius 1 is 1.32 bits per heavy atom. The van der Waals surface area contributed by atoms with Crippen molar-refractivity contribution in [3.8, 4) is 0 Å². The quantitative estimate of drug-likeness (QED) is 0.451. The van der Waals surface area contributed by atoms with Crippen molar-refractivity contribution in [2.24, 2.45) is 22.7 Å². The summed E-state index contributed by atoms with van der Waals surface area (Å²) in [6.45, 7) is 18.2. The fraction of sp³-hybridized carbons (Fsp3) is 0.682. The van der Waals surface area contributed by atoms with E-state index in [2.05, 4.69) is 46.9 Å². The molecular weight excluding hydrogens is 312 g/mol. The van der Waals surface area contributed by atoms with Gasteiger partial charge in [0.2, 0.25) is 0 Å². The summed E-state index contributed by atoms with van der Waals surface area (Å²) in [4.78, 5) is 11.5. The summed E-state index contributed by atoms with van der Waals surface area (Å²) in [5, 5.41) is 10.9. The standard InChI is InChI=1S/C22H34O3/c1-8-14(2)11-12-22(7)15(3)9-10-17-18(22)13-19(25-16(4)23)20(24)21(17,5)6/h8,11,17-20,24H,1,3,9-10,12-13H2,2,4-7H3/b14-11+/t17?,18?,19?,20?,22-/m1/s1. The van der Waals surface area contributed by atoms with E-state index in [0.29, 0.717) is 18.3 Å². The largest absolute Gasteiger partial charge is 0.460 e. The molecule has 2 saturated carbocycles. The molecule has 0 aromatic heterocycles. The maximum atomic E-state index is 11.5. The Hall–Kier alpha value is -1.35. The third kappa shape index (κ3) is 3.62. The highest BCUT2D eigenvalue weighted by Gasteiger charge is 2.57. The first kappa shape index (κ1) is 20.0. The highest BCUT2D eigenvalue weighted by Crippen LogP contribution is 2.60. The van der Waals surface area contributed by atoms with E-state index in [4.69, 9.17) is 4.74 Å². The highest BCUT2D eigenvalue weighted by atomic mass is 16.6. The van der Waals surface area contributed by atoms with Crippen molar-refractivity contribution in [3.05, 3.63) is 36.5 Å². The molecule has 4 unspecified atom stereocenters. The van der Waals surface area contributed by atoms with Crippen LogP contribution in [0.2, 0.25) is 0 Å². The van der Waals surface area contributed by atoms with E-state index in [0.717, 1.165) is 19.3 Å². The predicted molar refractivity (Wildman–Crippen MR) is 102 cm³/mol. The molecule has 1 N–H and O–H groups in total. The van der Waals surface area contributed by atoms with Crippen LogP contribution in [0.4, 0.5) is 0 Å². The number of carbonyl (C=O) groups excluding carboxylic acids is 1. The van der Waals surface area contributed by atoms with Crippen LogP contribution in [0.1, 0.15) is 60.3 Å². The summed E-state index contributed by atoms with van der Waals surface area (Å²) in [6, 6.07) is 0. The monoisotopic (exact) mass is 346 g/mol. The molecule has 5 atom stereocenters. The van der Waals surface area contributed by atoms with Gasteiger partial charge < -0.3 is 9.84 Å². The topological polar surface area (TPSA) is 46.5 Å². The van der Waals surface area contributed by atoms with E-state index in [1.807, 2.05) is 6.08 Å². The maximum absolute atomic E-state index is 11.5. The van der Waals surface area contributed by atoms with Crippen molar-refractivity contribution in [2.75, 3.05) is 0 Å². The second-order valence-corrected chi connectivity index (χ2v) is 8.78. The minimum atomic E-state index is -0.626. The second-order valence-electron chi connectivity index (χ2n) is 8.78. The fourth-order valence-corrected chi connectivity index (χ4v) is 4.99. The van der Waals surface area contributed by atoms with Gasteiger partial charge in [0.1, 0.15) is 6.10 Å². The zero-order chi connectivity index (χ0) is 19.0. The van der Waals surface area contributed by atoms with Gasteiger partial charge in [-0.05, 0) is 55.3 Å². The molecule has 0 radical (unpaired) electrons. The molecule has 0 heterocycles. The Morgan fingerprint density at radius 3 is 2.52 bits per heavy atom. The van der Waals surface area contributed by atoms with Crippen molar-refractivity contribution < 1.29 is 14.6 Å². The zero-order valence-electron chi connectivity index (χ0n) is 16.5. The Morgan fingerprint density at radius 2 is 1.96 bits per heavy atom. The number of hydrogen-bond acceptors (Lipinski definition) is 3. The Balaban J connectivity index is 2.40. The molecule has 2 aliphatic rings. The van der Waals surface area contributed by atoms with Crippen molar-refractivity contribution in [3.63, 3.8) is 0 Å². The van der Waals surface area contributed by atoms with Crippen LogP contribution >= 0.6 is 0 Å². The smallest absolute Gasteiger partial charge is 0.302 e. The average Bonchev–Trinajstić information content (AvgIpc) is 2.53. The van der Waals surface area contributed by atoms with Crippen LogP contribution in [0.5, 0.6) is 0 Å². The van der Waals surface area contributed by atoms with Crippen LogP contribution in [0.3, 0.4) is 0 Å². The number of esters is 1. The molecule has 3 heteroatoms. The van der Waals surface area contributed by atoms with Crippen molar-refractivity contribution in [1.29, 1.82) is 0 Å². The number of carbonyl (C=O) groups is 1. The van der Waals surface area contributed by atoms with Crippen LogP contribution < -0.4 is 0 Å². The zero-order valence-corrected chi connectivity index (χ0v) is 16.5. The van der Waals surface area contributed by atoms with Crippen molar-refractivity contribution in [2.45, 2.75) is 72.5 Å². The SMILES string of the molecule is C=C/C(C)=C/C[C@]1(C)C(=C)CCC2C1CC(OC(C)=O)C(O)C2(C)C. The van der Waals surface area contributed by atoms with Crippen molar-refractivity contribution >= 4 is 5.97 Å². The first-order chi connectivity index (χ1) is 11.5. The average molecular weight is 347 g/mol. The van der Waals surface area contributed by atoms with E-state index in [-0.39, 0.29) is 16.8 Å².